The van der Waals surface area contributed by atoms with E-state index in [1.807, 2.05) is 0 Å². The van der Waals surface area contributed by atoms with Gasteiger partial charge in [-0.05, 0) is 37.8 Å². The number of furan rings is 1. The molecule has 2 aliphatic heterocycles. The van der Waals surface area contributed by atoms with Gasteiger partial charge in [0.1, 0.15) is 5.76 Å². The van der Waals surface area contributed by atoms with Crippen LogP contribution < -0.4 is 0 Å². The van der Waals surface area contributed by atoms with Crippen molar-refractivity contribution in [1.82, 2.24) is 14.7 Å². The first-order valence-electron chi connectivity index (χ1n) is 11.0. The number of rotatable bonds is 6. The van der Waals surface area contributed by atoms with Crippen molar-refractivity contribution in [2.45, 2.75) is 32.2 Å². The zero-order valence-electron chi connectivity index (χ0n) is 17.8. The van der Waals surface area contributed by atoms with E-state index in [1.165, 1.54) is 16.1 Å². The molecule has 33 heavy (non-hydrogen) atoms. The lowest BCUT2D eigenvalue weighted by Gasteiger charge is -2.29. The summed E-state index contributed by atoms with van der Waals surface area (Å²) in [6.07, 6.45) is 6.68. The Hall–Kier alpha value is -2.42. The fourth-order valence-electron chi connectivity index (χ4n) is 5.24. The van der Waals surface area contributed by atoms with Crippen LogP contribution in [0.15, 0.2) is 45.0 Å². The van der Waals surface area contributed by atoms with Crippen LogP contribution in [0, 0.1) is 23.7 Å². The van der Waals surface area contributed by atoms with Gasteiger partial charge in [-0.15, -0.1) is 0 Å². The van der Waals surface area contributed by atoms with E-state index < -0.39 is 23.7 Å². The smallest absolute Gasteiger partial charge is 0.234 e. The molecule has 4 atom stereocenters. The molecule has 3 heterocycles. The summed E-state index contributed by atoms with van der Waals surface area (Å²) in [5, 5.41) is 1.18. The largest absolute Gasteiger partial charge is 0.468 e. The second kappa shape index (κ2) is 8.74. The van der Waals surface area contributed by atoms with Crippen molar-refractivity contribution in [2.24, 2.45) is 23.7 Å². The normalized spacial score (nSPS) is 29.5. The van der Waals surface area contributed by atoms with Gasteiger partial charge in [0.15, 0.2) is 0 Å². The van der Waals surface area contributed by atoms with Gasteiger partial charge < -0.3 is 4.42 Å². The van der Waals surface area contributed by atoms with E-state index in [2.05, 4.69) is 0 Å². The molecule has 0 unspecified atom stereocenters. The summed E-state index contributed by atoms with van der Waals surface area (Å²) in [7, 11) is 0. The molecule has 8 nitrogen and oxygen atoms in total. The number of carbonyl (C=O) groups is 4. The molecule has 1 aromatic rings. The Kier molecular flexibility index (Phi) is 5.93. The average molecular weight is 492 g/mol. The minimum atomic E-state index is -0.466. The standard InChI is InChI=1S/C23H23Cl2N3O5/c24-13-3-5-16-18(8-13)22(31)27(20(16)29)11-26(10-15-2-1-7-33-15)12-28-21(30)17-6-4-14(25)9-19(17)23(28)32/h1-4,7,16-19H,5-6,8-12H2/t16-,17-,18-,19+/m0/s1. The van der Waals surface area contributed by atoms with E-state index in [4.69, 9.17) is 27.6 Å². The minimum absolute atomic E-state index is 0.0472. The molecule has 10 heteroatoms. The summed E-state index contributed by atoms with van der Waals surface area (Å²) in [6.45, 7) is 0.132. The van der Waals surface area contributed by atoms with E-state index >= 15 is 0 Å². The average Bonchev–Trinajstić information content (AvgIpc) is 3.44. The van der Waals surface area contributed by atoms with Crippen molar-refractivity contribution in [3.63, 3.8) is 0 Å². The lowest BCUT2D eigenvalue weighted by atomic mass is 9.85. The molecule has 0 saturated carbocycles. The lowest BCUT2D eigenvalue weighted by molar-refractivity contribution is -0.145. The van der Waals surface area contributed by atoms with E-state index in [9.17, 15) is 19.2 Å². The highest BCUT2D eigenvalue weighted by atomic mass is 35.5. The molecule has 2 aliphatic carbocycles. The summed E-state index contributed by atoms with van der Waals surface area (Å²) in [6, 6.07) is 3.50. The fourth-order valence-corrected chi connectivity index (χ4v) is 5.75. The van der Waals surface area contributed by atoms with Gasteiger partial charge in [-0.3, -0.25) is 33.9 Å². The van der Waals surface area contributed by atoms with E-state index in [1.54, 1.807) is 29.2 Å². The third-order valence-corrected chi connectivity index (χ3v) is 7.58. The molecular weight excluding hydrogens is 469 g/mol. The van der Waals surface area contributed by atoms with Gasteiger partial charge in [-0.1, -0.05) is 35.4 Å². The van der Waals surface area contributed by atoms with Gasteiger partial charge in [0.05, 0.1) is 49.8 Å². The molecule has 0 bridgehead atoms. The predicted octanol–water partition coefficient (Wildman–Crippen LogP) is 3.03. The number of hydrogen-bond acceptors (Lipinski definition) is 6. The van der Waals surface area contributed by atoms with Crippen molar-refractivity contribution >= 4 is 46.8 Å². The molecule has 2 saturated heterocycles. The molecule has 174 valence electrons. The van der Waals surface area contributed by atoms with Crippen LogP contribution in [-0.2, 0) is 25.7 Å². The van der Waals surface area contributed by atoms with Crippen LogP contribution >= 0.6 is 23.2 Å². The van der Waals surface area contributed by atoms with Gasteiger partial charge in [-0.25, -0.2) is 0 Å². The van der Waals surface area contributed by atoms with Crippen molar-refractivity contribution in [1.29, 1.82) is 0 Å². The summed E-state index contributed by atoms with van der Waals surface area (Å²) < 4.78 is 5.45. The summed E-state index contributed by atoms with van der Waals surface area (Å²) in [5.74, 6) is -2.23. The van der Waals surface area contributed by atoms with Crippen LogP contribution in [0.5, 0.6) is 0 Å². The van der Waals surface area contributed by atoms with Gasteiger partial charge in [0.25, 0.3) is 0 Å². The SMILES string of the molecule is O=C1[C@H]2CC=C(Cl)C[C@@H]2C(=O)N1CN(Cc1ccco1)CN1C(=O)[C@H]2CC=C(Cl)C[C@H]2C1=O. The summed E-state index contributed by atoms with van der Waals surface area (Å²) >= 11 is 12.2. The summed E-state index contributed by atoms with van der Waals surface area (Å²) in [4.78, 5) is 56.3. The Labute approximate surface area is 200 Å². The number of likely N-dealkylation sites (tertiary alicyclic amines) is 2. The molecule has 0 N–H and O–H groups in total. The van der Waals surface area contributed by atoms with Crippen LogP contribution in [0.3, 0.4) is 0 Å². The Morgan fingerprint density at radius 3 is 1.76 bits per heavy atom. The summed E-state index contributed by atoms with van der Waals surface area (Å²) in [5.41, 5.74) is 0. The maximum absolute atomic E-state index is 13.0. The fraction of sp³-hybridized carbons (Fsp3) is 0.478. The van der Waals surface area contributed by atoms with Crippen molar-refractivity contribution in [3.8, 4) is 0 Å². The van der Waals surface area contributed by atoms with Crippen LogP contribution in [0.4, 0.5) is 0 Å². The zero-order valence-corrected chi connectivity index (χ0v) is 19.3. The Morgan fingerprint density at radius 1 is 0.818 bits per heavy atom. The second-order valence-electron chi connectivity index (χ2n) is 9.01. The van der Waals surface area contributed by atoms with Gasteiger partial charge >= 0.3 is 0 Å². The number of hydrogen-bond donors (Lipinski definition) is 0. The molecule has 1 aromatic heterocycles. The van der Waals surface area contributed by atoms with Gasteiger partial charge in [0.2, 0.25) is 23.6 Å². The molecule has 4 aliphatic rings. The van der Waals surface area contributed by atoms with Crippen LogP contribution in [0.2, 0.25) is 0 Å². The number of fused-ring (bicyclic) bond motifs is 2. The first-order chi connectivity index (χ1) is 15.8. The maximum Gasteiger partial charge on any atom is 0.234 e. The Morgan fingerprint density at radius 2 is 1.30 bits per heavy atom. The molecule has 0 radical (unpaired) electrons. The van der Waals surface area contributed by atoms with E-state index in [0.717, 1.165) is 0 Å². The molecule has 5 rings (SSSR count). The number of allylic oxidation sites excluding steroid dienone is 4. The van der Waals surface area contributed by atoms with Crippen molar-refractivity contribution < 1.29 is 23.6 Å². The van der Waals surface area contributed by atoms with Crippen molar-refractivity contribution in [3.05, 3.63) is 46.4 Å². The van der Waals surface area contributed by atoms with E-state index in [0.29, 0.717) is 41.5 Å². The monoisotopic (exact) mass is 491 g/mol. The first kappa shape index (κ1) is 22.4. The maximum atomic E-state index is 13.0. The number of nitrogens with zero attached hydrogens (tertiary/aromatic N) is 3. The highest BCUT2D eigenvalue weighted by Gasteiger charge is 2.51. The topological polar surface area (TPSA) is 91.1 Å². The van der Waals surface area contributed by atoms with Crippen molar-refractivity contribution in [2.75, 3.05) is 13.3 Å². The van der Waals surface area contributed by atoms with Crippen LogP contribution in [0.1, 0.15) is 31.4 Å². The van der Waals surface area contributed by atoms with Gasteiger partial charge in [0, 0.05) is 10.1 Å². The highest BCUT2D eigenvalue weighted by Crippen LogP contribution is 2.40. The Balaban J connectivity index is 1.35. The van der Waals surface area contributed by atoms with E-state index in [-0.39, 0.29) is 43.5 Å². The number of imide groups is 2. The van der Waals surface area contributed by atoms with Crippen LogP contribution in [0.25, 0.3) is 0 Å². The molecule has 2 fully saturated rings. The minimum Gasteiger partial charge on any atom is -0.468 e. The third-order valence-electron chi connectivity index (χ3n) is 6.96. The first-order valence-corrected chi connectivity index (χ1v) is 11.7. The predicted molar refractivity (Wildman–Crippen MR) is 118 cm³/mol. The number of carbonyl (C=O) groups excluding carboxylic acids is 4. The number of halogens is 2. The van der Waals surface area contributed by atoms with Gasteiger partial charge in [-0.2, -0.15) is 0 Å². The van der Waals surface area contributed by atoms with Crippen LogP contribution in [-0.4, -0.2) is 51.7 Å². The quantitative estimate of drug-likeness (QED) is 0.568. The highest BCUT2D eigenvalue weighted by molar-refractivity contribution is 6.30. The second-order valence-corrected chi connectivity index (χ2v) is 9.98. The Bertz CT molecular complexity index is 1000. The zero-order chi connectivity index (χ0) is 23.3. The third kappa shape index (κ3) is 4.05. The molecular formula is C23H23Cl2N3O5. The molecule has 4 amide bonds. The molecule has 0 spiro atoms. The lowest BCUT2D eigenvalue weighted by Crippen LogP contribution is -2.47. The number of amides is 4. The molecule has 0 aromatic carbocycles.